The van der Waals surface area contributed by atoms with Crippen molar-refractivity contribution in [1.29, 1.82) is 0 Å². The fourth-order valence-electron chi connectivity index (χ4n) is 2.05. The summed E-state index contributed by atoms with van der Waals surface area (Å²) in [7, 11) is 1.12. The van der Waals surface area contributed by atoms with E-state index in [2.05, 4.69) is 5.32 Å². The Morgan fingerprint density at radius 3 is 2.65 bits per heavy atom. The van der Waals surface area contributed by atoms with E-state index in [4.69, 9.17) is 10.7 Å². The first kappa shape index (κ1) is 15.3. The summed E-state index contributed by atoms with van der Waals surface area (Å²) >= 11 is 0. The lowest BCUT2D eigenvalue weighted by Gasteiger charge is -2.13. The highest BCUT2D eigenvalue weighted by molar-refractivity contribution is 8.13. The molecule has 1 atom stereocenters. The molecule has 20 heavy (non-hydrogen) atoms. The van der Waals surface area contributed by atoms with Crippen molar-refractivity contribution in [3.05, 3.63) is 29.6 Å². The van der Waals surface area contributed by atoms with Crippen LogP contribution in [0.25, 0.3) is 0 Å². The van der Waals surface area contributed by atoms with Crippen molar-refractivity contribution in [3.8, 4) is 0 Å². The summed E-state index contributed by atoms with van der Waals surface area (Å²) in [4.78, 5) is 11.5. The van der Waals surface area contributed by atoms with Gasteiger partial charge in [0.2, 0.25) is 0 Å². The largest absolute Gasteiger partial charge is 0.349 e. The Kier molecular flexibility index (Phi) is 4.34. The molecule has 0 heterocycles. The van der Waals surface area contributed by atoms with Crippen LogP contribution < -0.4 is 5.32 Å². The van der Waals surface area contributed by atoms with Gasteiger partial charge in [0.05, 0.1) is 10.5 Å². The van der Waals surface area contributed by atoms with Gasteiger partial charge in [-0.05, 0) is 37.5 Å². The zero-order valence-corrected chi connectivity index (χ0v) is 12.5. The molecule has 0 spiro atoms. The summed E-state index contributed by atoms with van der Waals surface area (Å²) in [5.74, 6) is -0.795. The molecule has 4 nitrogen and oxygen atoms in total. The molecule has 0 radical (unpaired) electrons. The second-order valence-corrected chi connectivity index (χ2v) is 7.70. The van der Waals surface area contributed by atoms with Crippen molar-refractivity contribution in [1.82, 2.24) is 5.32 Å². The molecule has 1 aromatic carbocycles. The lowest BCUT2D eigenvalue weighted by molar-refractivity contribution is 0.0933. The van der Waals surface area contributed by atoms with E-state index in [-0.39, 0.29) is 16.5 Å². The molecular formula is C13H15ClFNO3S. The molecule has 7 heteroatoms. The first-order valence-corrected chi connectivity index (χ1v) is 8.63. The molecule has 1 N–H and O–H groups in total. The van der Waals surface area contributed by atoms with Crippen LogP contribution in [-0.2, 0) is 9.05 Å². The monoisotopic (exact) mass is 319 g/mol. The molecule has 110 valence electrons. The number of benzene rings is 1. The standard InChI is InChI=1S/C13H15ClFNO3S/c1-8(6-9-2-3-9)16-13(17)11-5-4-10(7-12(11)15)20(14,18)19/h4-5,7-9H,2-3,6H2,1H3,(H,16,17). The van der Waals surface area contributed by atoms with E-state index in [0.717, 1.165) is 24.6 Å². The van der Waals surface area contributed by atoms with Crippen molar-refractivity contribution in [2.24, 2.45) is 5.92 Å². The van der Waals surface area contributed by atoms with Crippen molar-refractivity contribution >= 4 is 25.6 Å². The highest BCUT2D eigenvalue weighted by atomic mass is 35.7. The van der Waals surface area contributed by atoms with Gasteiger partial charge in [0.15, 0.2) is 0 Å². The topological polar surface area (TPSA) is 63.2 Å². The number of carbonyl (C=O) groups excluding carboxylic acids is 1. The van der Waals surface area contributed by atoms with Crippen LogP contribution in [-0.4, -0.2) is 20.4 Å². The zero-order chi connectivity index (χ0) is 14.9. The maximum atomic E-state index is 13.8. The van der Waals surface area contributed by atoms with E-state index in [1.807, 2.05) is 6.92 Å². The third-order valence-corrected chi connectivity index (χ3v) is 4.58. The molecule has 0 aliphatic heterocycles. The van der Waals surface area contributed by atoms with Gasteiger partial charge in [-0.2, -0.15) is 0 Å². The number of amides is 1. The second-order valence-electron chi connectivity index (χ2n) is 5.13. The Morgan fingerprint density at radius 2 is 2.15 bits per heavy atom. The third-order valence-electron chi connectivity index (χ3n) is 3.23. The summed E-state index contributed by atoms with van der Waals surface area (Å²) in [5, 5.41) is 2.71. The molecular weight excluding hydrogens is 305 g/mol. The highest BCUT2D eigenvalue weighted by Gasteiger charge is 2.25. The van der Waals surface area contributed by atoms with Crippen molar-refractivity contribution in [2.45, 2.75) is 37.1 Å². The number of nitrogens with one attached hydrogen (secondary N) is 1. The molecule has 0 saturated heterocycles. The average Bonchev–Trinajstić information content (AvgIpc) is 3.11. The van der Waals surface area contributed by atoms with Crippen LogP contribution in [0, 0.1) is 11.7 Å². The van der Waals surface area contributed by atoms with Crippen LogP contribution in [0.4, 0.5) is 4.39 Å². The van der Waals surface area contributed by atoms with E-state index >= 15 is 0 Å². The zero-order valence-electron chi connectivity index (χ0n) is 10.9. The predicted molar refractivity (Wildman–Crippen MR) is 73.7 cm³/mol. The van der Waals surface area contributed by atoms with E-state index in [1.54, 1.807) is 0 Å². The molecule has 1 amide bonds. The van der Waals surface area contributed by atoms with Crippen molar-refractivity contribution in [2.75, 3.05) is 0 Å². The Bertz CT molecular complexity index is 629. The summed E-state index contributed by atoms with van der Waals surface area (Å²) in [6.07, 6.45) is 3.23. The van der Waals surface area contributed by atoms with Crippen LogP contribution in [0.3, 0.4) is 0 Å². The first-order valence-electron chi connectivity index (χ1n) is 6.32. The lowest BCUT2D eigenvalue weighted by atomic mass is 10.1. The first-order chi connectivity index (χ1) is 9.27. The highest BCUT2D eigenvalue weighted by Crippen LogP contribution is 2.33. The normalized spacial score (nSPS) is 16.8. The van der Waals surface area contributed by atoms with E-state index in [9.17, 15) is 17.6 Å². The van der Waals surface area contributed by atoms with Gasteiger partial charge in [0, 0.05) is 16.7 Å². The van der Waals surface area contributed by atoms with Crippen LogP contribution in [0.2, 0.25) is 0 Å². The Labute approximate surface area is 121 Å². The summed E-state index contributed by atoms with van der Waals surface area (Å²) < 4.78 is 35.9. The molecule has 2 rings (SSSR count). The van der Waals surface area contributed by atoms with Crippen LogP contribution in [0.1, 0.15) is 36.5 Å². The van der Waals surface area contributed by atoms with E-state index < -0.39 is 20.8 Å². The van der Waals surface area contributed by atoms with Crippen LogP contribution in [0.5, 0.6) is 0 Å². The lowest BCUT2D eigenvalue weighted by Crippen LogP contribution is -2.33. The number of carbonyl (C=O) groups is 1. The molecule has 1 aliphatic rings. The Morgan fingerprint density at radius 1 is 1.50 bits per heavy atom. The molecule has 1 saturated carbocycles. The molecule has 1 fully saturated rings. The number of hydrogen-bond acceptors (Lipinski definition) is 3. The number of halogens is 2. The molecule has 1 aromatic rings. The van der Waals surface area contributed by atoms with E-state index in [1.165, 1.54) is 12.8 Å². The second kappa shape index (κ2) is 5.69. The van der Waals surface area contributed by atoms with E-state index in [0.29, 0.717) is 5.92 Å². The fraction of sp³-hybridized carbons (Fsp3) is 0.462. The van der Waals surface area contributed by atoms with Crippen LogP contribution in [0.15, 0.2) is 23.1 Å². The SMILES string of the molecule is CC(CC1CC1)NC(=O)c1ccc(S(=O)(=O)Cl)cc1F. The Hall–Kier alpha value is -1.14. The minimum Gasteiger partial charge on any atom is -0.349 e. The molecule has 0 aromatic heterocycles. The smallest absolute Gasteiger partial charge is 0.261 e. The fourth-order valence-corrected chi connectivity index (χ4v) is 2.81. The Balaban J connectivity index is 2.09. The van der Waals surface area contributed by atoms with Gasteiger partial charge in [-0.25, -0.2) is 12.8 Å². The summed E-state index contributed by atoms with van der Waals surface area (Å²) in [5.41, 5.74) is -0.184. The van der Waals surface area contributed by atoms with Gasteiger partial charge in [-0.1, -0.05) is 12.8 Å². The maximum Gasteiger partial charge on any atom is 0.261 e. The van der Waals surface area contributed by atoms with Gasteiger partial charge in [-0.3, -0.25) is 4.79 Å². The van der Waals surface area contributed by atoms with Gasteiger partial charge >= 0.3 is 0 Å². The third kappa shape index (κ3) is 3.93. The van der Waals surface area contributed by atoms with Gasteiger partial charge in [0.1, 0.15) is 5.82 Å². The molecule has 0 bridgehead atoms. The van der Waals surface area contributed by atoms with Gasteiger partial charge in [0.25, 0.3) is 15.0 Å². The van der Waals surface area contributed by atoms with Crippen molar-refractivity contribution in [3.63, 3.8) is 0 Å². The number of hydrogen-bond donors (Lipinski definition) is 1. The minimum absolute atomic E-state index is 0.0363. The molecule has 1 unspecified atom stereocenters. The van der Waals surface area contributed by atoms with Crippen LogP contribution >= 0.6 is 10.7 Å². The van der Waals surface area contributed by atoms with Gasteiger partial charge < -0.3 is 5.32 Å². The molecule has 1 aliphatic carbocycles. The number of rotatable bonds is 5. The summed E-state index contributed by atoms with van der Waals surface area (Å²) in [6, 6.07) is 2.96. The maximum absolute atomic E-state index is 13.8. The van der Waals surface area contributed by atoms with Gasteiger partial charge in [-0.15, -0.1) is 0 Å². The van der Waals surface area contributed by atoms with Crippen molar-refractivity contribution < 1.29 is 17.6 Å². The minimum atomic E-state index is -4.00. The quantitative estimate of drug-likeness (QED) is 0.849. The predicted octanol–water partition coefficient (Wildman–Crippen LogP) is 2.67. The average molecular weight is 320 g/mol. The summed E-state index contributed by atoms with van der Waals surface area (Å²) in [6.45, 7) is 1.87.